The quantitative estimate of drug-likeness (QED) is 0.362. The molecule has 0 aromatic rings. The summed E-state index contributed by atoms with van der Waals surface area (Å²) in [5, 5.41) is 10.4. The van der Waals surface area contributed by atoms with Crippen molar-refractivity contribution in [1.29, 1.82) is 0 Å². The molecule has 3 N–H and O–H groups in total. The molecule has 46 valence electrons. The van der Waals surface area contributed by atoms with E-state index in [0.29, 0.717) is 0 Å². The van der Waals surface area contributed by atoms with E-state index < -0.39 is 0 Å². The number of quaternary nitrogens is 1. The molecule has 0 bridgehead atoms. The fourth-order valence-electron chi connectivity index (χ4n) is 0.236. The van der Waals surface area contributed by atoms with Gasteiger partial charge in [-0.25, -0.2) is 0 Å². The molecule has 0 aliphatic carbocycles. The first kappa shape index (κ1) is 10.2. The maximum atomic E-state index is 8.61. The van der Waals surface area contributed by atoms with Crippen LogP contribution in [0.4, 0.5) is 0 Å². The number of nitrogens with two attached hydrogens (primary N) is 1. The summed E-state index contributed by atoms with van der Waals surface area (Å²) in [6, 6.07) is 0. The number of aliphatic hydroxyl groups is 1. The highest BCUT2D eigenvalue weighted by Gasteiger charge is 1.93. The van der Waals surface area contributed by atoms with Crippen LogP contribution in [-0.4, -0.2) is 18.4 Å². The Morgan fingerprint density at radius 2 is 2.14 bits per heavy atom. The lowest BCUT2D eigenvalue weighted by Gasteiger charge is -1.97. The van der Waals surface area contributed by atoms with E-state index in [2.05, 4.69) is 0 Å². The Morgan fingerprint density at radius 3 is 2.14 bits per heavy atom. The number of halogens is 1. The van der Waals surface area contributed by atoms with Gasteiger partial charge in [-0.1, -0.05) is 6.92 Å². The third-order valence-electron chi connectivity index (χ3n) is 0.803. The molecule has 0 aromatic carbocycles. The summed E-state index contributed by atoms with van der Waals surface area (Å²) in [5.74, 6) is 0. The summed E-state index contributed by atoms with van der Waals surface area (Å²) in [6.07, 6.45) is 0.640. The van der Waals surface area contributed by atoms with Gasteiger partial charge in [-0.05, 0) is 0 Å². The molecule has 1 atom stereocenters. The maximum absolute atomic E-state index is 8.61. The van der Waals surface area contributed by atoms with Crippen LogP contribution in [0.5, 0.6) is 0 Å². The second-order valence-corrected chi connectivity index (χ2v) is 1.31. The molecule has 1 unspecified atom stereocenters. The average Bonchev–Trinajstić information content (AvgIpc) is 1.65. The highest BCUT2D eigenvalue weighted by molar-refractivity contribution is 4.21. The van der Waals surface area contributed by atoms with Crippen LogP contribution in [-0.2, 0) is 0 Å². The Bertz CT molecular complexity index is 30.9. The largest absolute Gasteiger partial charge is 1.00 e. The van der Waals surface area contributed by atoms with Crippen LogP contribution in [0.25, 0.3) is 0 Å². The molecule has 0 spiro atoms. The fourth-order valence-corrected chi connectivity index (χ4v) is 0.236. The van der Waals surface area contributed by atoms with E-state index in [1.54, 1.807) is 5.32 Å². The molecule has 0 rings (SSSR count). The average molecular weight is 126 g/mol. The number of hydrogen-bond donors (Lipinski definition) is 2. The van der Waals surface area contributed by atoms with E-state index in [1.807, 2.05) is 14.0 Å². The van der Waals surface area contributed by atoms with Gasteiger partial charge in [0.05, 0.1) is 7.05 Å². The van der Waals surface area contributed by atoms with Crippen LogP contribution in [0, 0.1) is 0 Å². The minimum Gasteiger partial charge on any atom is -1.00 e. The Kier molecular flexibility index (Phi) is 9.09. The lowest BCUT2D eigenvalue weighted by atomic mass is 10.4. The molecule has 7 heavy (non-hydrogen) atoms. The van der Waals surface area contributed by atoms with Crippen molar-refractivity contribution in [2.75, 3.05) is 7.05 Å². The molecule has 0 aliphatic rings. The third-order valence-corrected chi connectivity index (χ3v) is 0.803. The smallest absolute Gasteiger partial charge is 0.186 e. The molecule has 0 fully saturated rings. The van der Waals surface area contributed by atoms with E-state index in [4.69, 9.17) is 5.11 Å². The van der Waals surface area contributed by atoms with Crippen molar-refractivity contribution in [2.45, 2.75) is 19.6 Å². The molecule has 0 amide bonds. The molecule has 0 saturated heterocycles. The molecular formula is C4H12ClNO. The van der Waals surface area contributed by atoms with Gasteiger partial charge < -0.3 is 22.8 Å². The standard InChI is InChI=1S/C4H11NO.ClH/c1-3-4(6)5-2;/h4-6H,3H2,1-2H3;1H. The van der Waals surface area contributed by atoms with Gasteiger partial charge in [0.15, 0.2) is 6.23 Å². The van der Waals surface area contributed by atoms with Gasteiger partial charge in [-0.3, -0.25) is 0 Å². The second-order valence-electron chi connectivity index (χ2n) is 1.31. The first-order valence-corrected chi connectivity index (χ1v) is 2.28. The zero-order valence-corrected chi connectivity index (χ0v) is 5.44. The van der Waals surface area contributed by atoms with Gasteiger partial charge >= 0.3 is 0 Å². The molecule has 0 radical (unpaired) electrons. The van der Waals surface area contributed by atoms with Crippen molar-refractivity contribution >= 4 is 0 Å². The van der Waals surface area contributed by atoms with Crippen molar-refractivity contribution in [2.24, 2.45) is 0 Å². The van der Waals surface area contributed by atoms with Crippen LogP contribution in [0.3, 0.4) is 0 Å². The Morgan fingerprint density at radius 1 is 1.71 bits per heavy atom. The SMILES string of the molecule is CCC(O)[NH2+]C.[Cl-]. The Balaban J connectivity index is 0. The van der Waals surface area contributed by atoms with Gasteiger partial charge in [-0.15, -0.1) is 0 Å². The fraction of sp³-hybridized carbons (Fsp3) is 1.00. The molecule has 0 saturated carbocycles. The summed E-state index contributed by atoms with van der Waals surface area (Å²) in [7, 11) is 1.86. The molecule has 0 aromatic heterocycles. The van der Waals surface area contributed by atoms with Crippen molar-refractivity contribution in [3.8, 4) is 0 Å². The molecule has 3 heteroatoms. The Hall–Kier alpha value is 0.210. The summed E-state index contributed by atoms with van der Waals surface area (Å²) in [6.45, 7) is 1.95. The highest BCUT2D eigenvalue weighted by atomic mass is 35.5. The van der Waals surface area contributed by atoms with Gasteiger partial charge in [0, 0.05) is 6.42 Å². The zero-order chi connectivity index (χ0) is 4.99. The second kappa shape index (κ2) is 6.21. The van der Waals surface area contributed by atoms with Crippen LogP contribution in [0.1, 0.15) is 13.3 Å². The van der Waals surface area contributed by atoms with E-state index in [0.717, 1.165) is 6.42 Å². The van der Waals surface area contributed by atoms with Gasteiger partial charge in [0.2, 0.25) is 0 Å². The number of hydrogen-bond acceptors (Lipinski definition) is 1. The van der Waals surface area contributed by atoms with Crippen molar-refractivity contribution in [3.63, 3.8) is 0 Å². The monoisotopic (exact) mass is 125 g/mol. The highest BCUT2D eigenvalue weighted by Crippen LogP contribution is 1.71. The minimum absolute atomic E-state index is 0. The summed E-state index contributed by atoms with van der Waals surface area (Å²) in [4.78, 5) is 0. The van der Waals surface area contributed by atoms with Crippen LogP contribution in [0.15, 0.2) is 0 Å². The third kappa shape index (κ3) is 6.21. The minimum atomic E-state index is -0.190. The van der Waals surface area contributed by atoms with E-state index in [9.17, 15) is 0 Å². The molecular weight excluding hydrogens is 114 g/mol. The predicted octanol–water partition coefficient (Wildman–Crippen LogP) is -4.09. The number of aliphatic hydroxyl groups excluding tert-OH is 1. The lowest BCUT2D eigenvalue weighted by molar-refractivity contribution is -0.700. The topological polar surface area (TPSA) is 36.8 Å². The molecule has 0 heterocycles. The first-order chi connectivity index (χ1) is 2.81. The normalized spacial score (nSPS) is 12.4. The summed E-state index contributed by atoms with van der Waals surface area (Å²) < 4.78 is 0. The predicted molar refractivity (Wildman–Crippen MR) is 24.1 cm³/mol. The van der Waals surface area contributed by atoms with Crippen molar-refractivity contribution in [1.82, 2.24) is 0 Å². The maximum Gasteiger partial charge on any atom is 0.186 e. The van der Waals surface area contributed by atoms with Crippen LogP contribution < -0.4 is 17.7 Å². The molecule has 2 nitrogen and oxygen atoms in total. The molecule has 0 aliphatic heterocycles. The van der Waals surface area contributed by atoms with E-state index in [1.165, 1.54) is 0 Å². The van der Waals surface area contributed by atoms with Crippen molar-refractivity contribution in [3.05, 3.63) is 0 Å². The summed E-state index contributed by atoms with van der Waals surface area (Å²) >= 11 is 0. The van der Waals surface area contributed by atoms with Crippen molar-refractivity contribution < 1.29 is 22.8 Å². The lowest BCUT2D eigenvalue weighted by Crippen LogP contribution is -3.00. The number of rotatable bonds is 2. The zero-order valence-electron chi connectivity index (χ0n) is 4.69. The van der Waals surface area contributed by atoms with E-state index in [-0.39, 0.29) is 18.6 Å². The van der Waals surface area contributed by atoms with E-state index >= 15 is 0 Å². The summed E-state index contributed by atoms with van der Waals surface area (Å²) in [5.41, 5.74) is 0. The van der Waals surface area contributed by atoms with Gasteiger partial charge in [-0.2, -0.15) is 0 Å². The first-order valence-electron chi connectivity index (χ1n) is 2.28. The Labute approximate surface area is 50.3 Å². The van der Waals surface area contributed by atoms with Gasteiger partial charge in [0.1, 0.15) is 0 Å². The van der Waals surface area contributed by atoms with Crippen LogP contribution in [0.2, 0.25) is 0 Å². The van der Waals surface area contributed by atoms with Crippen LogP contribution >= 0.6 is 0 Å². The van der Waals surface area contributed by atoms with Gasteiger partial charge in [0.25, 0.3) is 0 Å².